The topological polar surface area (TPSA) is 67.4 Å². The molecule has 0 aliphatic heterocycles. The zero-order chi connectivity index (χ0) is 22.8. The summed E-state index contributed by atoms with van der Waals surface area (Å²) in [4.78, 5) is 24.5. The maximum atomic E-state index is 12.3. The van der Waals surface area contributed by atoms with E-state index in [0.29, 0.717) is 37.7 Å². The number of ether oxygens (including phenoxy) is 1. The average Bonchev–Trinajstić information content (AvgIpc) is 2.79. The van der Waals surface area contributed by atoms with E-state index in [2.05, 4.69) is 36.6 Å². The Labute approximate surface area is 191 Å². The number of anilines is 1. The molecule has 0 aromatic heterocycles. The van der Waals surface area contributed by atoms with Crippen LogP contribution < -0.4 is 15.4 Å². The first-order valence-electron chi connectivity index (χ1n) is 11.9. The molecule has 0 heterocycles. The molecule has 5 heteroatoms. The van der Waals surface area contributed by atoms with Gasteiger partial charge in [-0.2, -0.15) is 0 Å². The Kier molecular flexibility index (Phi) is 9.14. The number of hydrogen-bond acceptors (Lipinski definition) is 3. The van der Waals surface area contributed by atoms with E-state index in [1.165, 1.54) is 18.4 Å². The van der Waals surface area contributed by atoms with Crippen LogP contribution in [0.2, 0.25) is 0 Å². The molecule has 1 aliphatic rings. The lowest BCUT2D eigenvalue weighted by Gasteiger charge is -2.34. The van der Waals surface area contributed by atoms with Crippen molar-refractivity contribution in [3.8, 4) is 5.75 Å². The fourth-order valence-corrected chi connectivity index (χ4v) is 4.26. The number of nitrogens with one attached hydrogen (secondary N) is 2. The SMILES string of the molecule is C[C@H]1[C@H](C)CCC[C@H]1NC(=O)CCCC(=O)Nc1ccc(OCCc2ccccc2)cc1. The van der Waals surface area contributed by atoms with Gasteiger partial charge in [-0.25, -0.2) is 0 Å². The highest BCUT2D eigenvalue weighted by Gasteiger charge is 2.27. The summed E-state index contributed by atoms with van der Waals surface area (Å²) in [7, 11) is 0. The Bertz CT molecular complexity index is 851. The molecule has 3 atom stereocenters. The van der Waals surface area contributed by atoms with Crippen LogP contribution >= 0.6 is 0 Å². The third-order valence-corrected chi connectivity index (χ3v) is 6.50. The number of rotatable bonds is 10. The predicted molar refractivity (Wildman–Crippen MR) is 129 cm³/mol. The van der Waals surface area contributed by atoms with Crippen molar-refractivity contribution in [2.45, 2.75) is 64.8 Å². The van der Waals surface area contributed by atoms with E-state index in [0.717, 1.165) is 24.3 Å². The Hall–Kier alpha value is -2.82. The quantitative estimate of drug-likeness (QED) is 0.527. The molecule has 32 heavy (non-hydrogen) atoms. The lowest BCUT2D eigenvalue weighted by molar-refractivity contribution is -0.122. The smallest absolute Gasteiger partial charge is 0.224 e. The van der Waals surface area contributed by atoms with Crippen LogP contribution in [-0.2, 0) is 16.0 Å². The molecule has 0 saturated heterocycles. The second-order valence-electron chi connectivity index (χ2n) is 8.95. The second-order valence-corrected chi connectivity index (χ2v) is 8.95. The maximum Gasteiger partial charge on any atom is 0.224 e. The highest BCUT2D eigenvalue weighted by atomic mass is 16.5. The van der Waals surface area contributed by atoms with Crippen molar-refractivity contribution in [3.05, 3.63) is 60.2 Å². The Balaban J connectivity index is 1.32. The Morgan fingerprint density at radius 1 is 0.938 bits per heavy atom. The van der Waals surface area contributed by atoms with E-state index in [9.17, 15) is 9.59 Å². The summed E-state index contributed by atoms with van der Waals surface area (Å²) in [5, 5.41) is 6.06. The first-order valence-corrected chi connectivity index (χ1v) is 11.9. The molecule has 0 spiro atoms. The fourth-order valence-electron chi connectivity index (χ4n) is 4.26. The van der Waals surface area contributed by atoms with Gasteiger partial charge in [-0.1, -0.05) is 57.0 Å². The highest BCUT2D eigenvalue weighted by molar-refractivity contribution is 5.91. The fraction of sp³-hybridized carbons (Fsp3) is 0.481. The van der Waals surface area contributed by atoms with Gasteiger partial charge in [0.15, 0.2) is 0 Å². The van der Waals surface area contributed by atoms with Gasteiger partial charge in [-0.3, -0.25) is 9.59 Å². The molecule has 0 unspecified atom stereocenters. The highest BCUT2D eigenvalue weighted by Crippen LogP contribution is 2.29. The number of carbonyl (C=O) groups is 2. The summed E-state index contributed by atoms with van der Waals surface area (Å²) in [6.07, 6.45) is 5.60. The first kappa shape index (κ1) is 23.8. The number of amides is 2. The van der Waals surface area contributed by atoms with Gasteiger partial charge in [-0.05, 0) is 54.5 Å². The van der Waals surface area contributed by atoms with Crippen LogP contribution in [0.1, 0.15) is 57.9 Å². The molecule has 0 radical (unpaired) electrons. The summed E-state index contributed by atoms with van der Waals surface area (Å²) in [6, 6.07) is 17.9. The van der Waals surface area contributed by atoms with Crippen LogP contribution in [0, 0.1) is 11.8 Å². The van der Waals surface area contributed by atoms with Crippen molar-refractivity contribution >= 4 is 17.5 Å². The molecule has 2 amide bonds. The van der Waals surface area contributed by atoms with E-state index in [1.807, 2.05) is 42.5 Å². The maximum absolute atomic E-state index is 12.3. The molecule has 2 aromatic rings. The minimum atomic E-state index is -0.0739. The largest absolute Gasteiger partial charge is 0.493 e. The van der Waals surface area contributed by atoms with Gasteiger partial charge >= 0.3 is 0 Å². The Morgan fingerprint density at radius 3 is 2.41 bits per heavy atom. The van der Waals surface area contributed by atoms with Crippen LogP contribution in [0.3, 0.4) is 0 Å². The number of carbonyl (C=O) groups excluding carboxylic acids is 2. The van der Waals surface area contributed by atoms with Crippen LogP contribution in [0.5, 0.6) is 5.75 Å². The zero-order valence-electron chi connectivity index (χ0n) is 19.3. The summed E-state index contributed by atoms with van der Waals surface area (Å²) in [5.41, 5.74) is 1.98. The van der Waals surface area contributed by atoms with E-state index >= 15 is 0 Å². The monoisotopic (exact) mass is 436 g/mol. The van der Waals surface area contributed by atoms with E-state index in [1.54, 1.807) is 0 Å². The van der Waals surface area contributed by atoms with Crippen LogP contribution in [0.25, 0.3) is 0 Å². The lowest BCUT2D eigenvalue weighted by atomic mass is 9.78. The van der Waals surface area contributed by atoms with E-state index < -0.39 is 0 Å². The minimum absolute atomic E-state index is 0.0563. The summed E-state index contributed by atoms with van der Waals surface area (Å²) >= 11 is 0. The molecule has 0 bridgehead atoms. The molecule has 172 valence electrons. The molecule has 2 N–H and O–H groups in total. The second kappa shape index (κ2) is 12.3. The lowest BCUT2D eigenvalue weighted by Crippen LogP contribution is -2.43. The van der Waals surface area contributed by atoms with Crippen LogP contribution in [-0.4, -0.2) is 24.5 Å². The van der Waals surface area contributed by atoms with Crippen molar-refractivity contribution in [2.24, 2.45) is 11.8 Å². The van der Waals surface area contributed by atoms with Gasteiger partial charge in [-0.15, -0.1) is 0 Å². The van der Waals surface area contributed by atoms with E-state index in [4.69, 9.17) is 4.74 Å². The summed E-state index contributed by atoms with van der Waals surface area (Å²) in [5.74, 6) is 1.93. The third-order valence-electron chi connectivity index (χ3n) is 6.50. The molecular formula is C27H36N2O3. The molecular weight excluding hydrogens is 400 g/mol. The summed E-state index contributed by atoms with van der Waals surface area (Å²) < 4.78 is 5.78. The standard InChI is InChI=1S/C27H36N2O3/c1-20-8-6-11-25(21(20)2)29-27(31)13-7-12-26(30)28-23-14-16-24(17-15-23)32-19-18-22-9-4-3-5-10-22/h3-5,9-10,14-17,20-21,25H,6-8,11-13,18-19H2,1-2H3,(H,28,30)(H,29,31)/t20-,21+,25-/m1/s1. The van der Waals surface area contributed by atoms with E-state index in [-0.39, 0.29) is 17.9 Å². The third kappa shape index (κ3) is 7.70. The normalized spacial score (nSPS) is 20.4. The van der Waals surface area contributed by atoms with Gasteiger partial charge in [0, 0.05) is 31.0 Å². The van der Waals surface area contributed by atoms with Gasteiger partial charge in [0.2, 0.25) is 11.8 Å². The number of benzene rings is 2. The van der Waals surface area contributed by atoms with Gasteiger partial charge in [0.1, 0.15) is 5.75 Å². The van der Waals surface area contributed by atoms with Crippen molar-refractivity contribution in [1.29, 1.82) is 0 Å². The van der Waals surface area contributed by atoms with Crippen LogP contribution in [0.15, 0.2) is 54.6 Å². The first-order chi connectivity index (χ1) is 15.5. The molecule has 1 fully saturated rings. The van der Waals surface area contributed by atoms with Gasteiger partial charge < -0.3 is 15.4 Å². The molecule has 2 aromatic carbocycles. The van der Waals surface area contributed by atoms with Gasteiger partial charge in [0.05, 0.1) is 6.61 Å². The van der Waals surface area contributed by atoms with Crippen LogP contribution in [0.4, 0.5) is 5.69 Å². The molecule has 3 rings (SSSR count). The number of hydrogen-bond donors (Lipinski definition) is 2. The van der Waals surface area contributed by atoms with Gasteiger partial charge in [0.25, 0.3) is 0 Å². The summed E-state index contributed by atoms with van der Waals surface area (Å²) in [6.45, 7) is 5.09. The van der Waals surface area contributed by atoms with Crippen molar-refractivity contribution in [2.75, 3.05) is 11.9 Å². The Morgan fingerprint density at radius 2 is 1.66 bits per heavy atom. The molecule has 1 aliphatic carbocycles. The predicted octanol–water partition coefficient (Wildman–Crippen LogP) is 5.36. The van der Waals surface area contributed by atoms with Crippen molar-refractivity contribution in [3.63, 3.8) is 0 Å². The zero-order valence-corrected chi connectivity index (χ0v) is 19.3. The van der Waals surface area contributed by atoms with Crippen molar-refractivity contribution in [1.82, 2.24) is 5.32 Å². The average molecular weight is 437 g/mol. The minimum Gasteiger partial charge on any atom is -0.493 e. The molecule has 1 saturated carbocycles. The van der Waals surface area contributed by atoms with Crippen molar-refractivity contribution < 1.29 is 14.3 Å². The molecule has 5 nitrogen and oxygen atoms in total.